The van der Waals surface area contributed by atoms with Gasteiger partial charge in [-0.3, -0.25) is 9.78 Å². The quantitative estimate of drug-likeness (QED) is 0.761. The number of rotatable bonds is 1. The maximum atomic E-state index is 12.6. The molecule has 1 saturated heterocycles. The minimum absolute atomic E-state index is 0.123. The molecule has 1 aromatic rings. The molecule has 102 valence electrons. The van der Waals surface area contributed by atoms with Gasteiger partial charge >= 0.3 is 0 Å². The zero-order chi connectivity index (χ0) is 13.2. The number of aromatic nitrogens is 1. The van der Waals surface area contributed by atoms with Gasteiger partial charge in [-0.1, -0.05) is 0 Å². The Labute approximate surface area is 113 Å². The van der Waals surface area contributed by atoms with Crippen molar-refractivity contribution in [1.82, 2.24) is 15.2 Å². The van der Waals surface area contributed by atoms with E-state index in [1.165, 1.54) is 5.56 Å². The van der Waals surface area contributed by atoms with Gasteiger partial charge in [0.05, 0.1) is 5.56 Å². The van der Waals surface area contributed by atoms with Gasteiger partial charge in [-0.2, -0.15) is 0 Å². The Morgan fingerprint density at radius 2 is 2.16 bits per heavy atom. The standard InChI is InChI=1S/C14H20N4O/c15-11-2-5-18(6-3-11)14(19)13-9-17-8-10-7-16-4-1-12(10)13/h8-9,11,16H,1-7,15H2. The minimum atomic E-state index is 0.123. The summed E-state index contributed by atoms with van der Waals surface area (Å²) >= 11 is 0. The number of amides is 1. The SMILES string of the molecule is NC1CCN(C(=O)c2cncc3c2CCNC3)CC1. The highest BCUT2D eigenvalue weighted by molar-refractivity contribution is 5.95. The van der Waals surface area contributed by atoms with Crippen molar-refractivity contribution in [3.63, 3.8) is 0 Å². The molecule has 3 N–H and O–H groups in total. The van der Waals surface area contributed by atoms with Crippen LogP contribution in [0.4, 0.5) is 0 Å². The van der Waals surface area contributed by atoms with Crippen LogP contribution in [-0.4, -0.2) is 41.5 Å². The third-order valence-electron chi connectivity index (χ3n) is 4.07. The minimum Gasteiger partial charge on any atom is -0.338 e. The van der Waals surface area contributed by atoms with Crippen LogP contribution in [0.2, 0.25) is 0 Å². The molecule has 0 aromatic carbocycles. The smallest absolute Gasteiger partial charge is 0.255 e. The number of hydrogen-bond donors (Lipinski definition) is 2. The number of nitrogens with zero attached hydrogens (tertiary/aromatic N) is 2. The second-order valence-corrected chi connectivity index (χ2v) is 5.38. The number of carbonyl (C=O) groups is 1. The molecule has 0 unspecified atom stereocenters. The van der Waals surface area contributed by atoms with E-state index < -0.39 is 0 Å². The lowest BCUT2D eigenvalue weighted by Gasteiger charge is -2.31. The maximum Gasteiger partial charge on any atom is 0.255 e. The number of nitrogens with two attached hydrogens (primary N) is 1. The van der Waals surface area contributed by atoms with E-state index in [1.54, 1.807) is 6.20 Å². The average molecular weight is 260 g/mol. The van der Waals surface area contributed by atoms with Gasteiger partial charge in [-0.15, -0.1) is 0 Å². The predicted octanol–water partition coefficient (Wildman–Crippen LogP) is 0.291. The molecule has 2 aliphatic heterocycles. The second kappa shape index (κ2) is 5.27. The number of pyridine rings is 1. The Morgan fingerprint density at radius 1 is 1.37 bits per heavy atom. The summed E-state index contributed by atoms with van der Waals surface area (Å²) in [4.78, 5) is 18.7. The molecular formula is C14H20N4O. The molecule has 0 bridgehead atoms. The third kappa shape index (κ3) is 2.48. The maximum absolute atomic E-state index is 12.6. The van der Waals surface area contributed by atoms with E-state index in [0.717, 1.165) is 56.6 Å². The summed E-state index contributed by atoms with van der Waals surface area (Å²) in [5.74, 6) is 0.123. The summed E-state index contributed by atoms with van der Waals surface area (Å²) in [6.07, 6.45) is 6.29. The van der Waals surface area contributed by atoms with Crippen LogP contribution in [0.3, 0.4) is 0 Å². The lowest BCUT2D eigenvalue weighted by Crippen LogP contribution is -2.43. The van der Waals surface area contributed by atoms with Crippen LogP contribution < -0.4 is 11.1 Å². The van der Waals surface area contributed by atoms with Crippen molar-refractivity contribution in [3.8, 4) is 0 Å². The van der Waals surface area contributed by atoms with Crippen LogP contribution in [0.15, 0.2) is 12.4 Å². The molecule has 1 amide bonds. The number of nitrogens with one attached hydrogen (secondary N) is 1. The molecule has 19 heavy (non-hydrogen) atoms. The van der Waals surface area contributed by atoms with Crippen LogP contribution in [-0.2, 0) is 13.0 Å². The van der Waals surface area contributed by atoms with Crippen molar-refractivity contribution in [3.05, 3.63) is 29.1 Å². The van der Waals surface area contributed by atoms with E-state index >= 15 is 0 Å². The molecule has 1 fully saturated rings. The summed E-state index contributed by atoms with van der Waals surface area (Å²) < 4.78 is 0. The van der Waals surface area contributed by atoms with Crippen LogP contribution in [0.25, 0.3) is 0 Å². The van der Waals surface area contributed by atoms with Gasteiger partial charge in [0, 0.05) is 38.1 Å². The van der Waals surface area contributed by atoms with Crippen molar-refractivity contribution in [1.29, 1.82) is 0 Å². The van der Waals surface area contributed by atoms with Crippen molar-refractivity contribution in [2.24, 2.45) is 5.73 Å². The Hall–Kier alpha value is -1.46. The highest BCUT2D eigenvalue weighted by atomic mass is 16.2. The van der Waals surface area contributed by atoms with Crippen molar-refractivity contribution >= 4 is 5.91 Å². The highest BCUT2D eigenvalue weighted by Crippen LogP contribution is 2.20. The fourth-order valence-corrected chi connectivity index (χ4v) is 2.87. The molecule has 1 aromatic heterocycles. The van der Waals surface area contributed by atoms with Gasteiger partial charge in [0.2, 0.25) is 0 Å². The van der Waals surface area contributed by atoms with E-state index in [-0.39, 0.29) is 11.9 Å². The van der Waals surface area contributed by atoms with E-state index in [2.05, 4.69) is 10.3 Å². The van der Waals surface area contributed by atoms with E-state index in [1.807, 2.05) is 11.1 Å². The van der Waals surface area contributed by atoms with Crippen molar-refractivity contribution in [2.45, 2.75) is 31.8 Å². The first-order chi connectivity index (χ1) is 9.25. The lowest BCUT2D eigenvalue weighted by molar-refractivity contribution is 0.0713. The lowest BCUT2D eigenvalue weighted by atomic mass is 9.96. The Balaban J connectivity index is 1.83. The normalized spacial score (nSPS) is 20.2. The number of fused-ring (bicyclic) bond motifs is 1. The average Bonchev–Trinajstić information content (AvgIpc) is 2.47. The van der Waals surface area contributed by atoms with E-state index in [9.17, 15) is 4.79 Å². The second-order valence-electron chi connectivity index (χ2n) is 5.38. The van der Waals surface area contributed by atoms with Gasteiger partial charge in [-0.25, -0.2) is 0 Å². The highest BCUT2D eigenvalue weighted by Gasteiger charge is 2.25. The van der Waals surface area contributed by atoms with Crippen molar-refractivity contribution < 1.29 is 4.79 Å². The molecule has 0 aliphatic carbocycles. The number of hydrogen-bond acceptors (Lipinski definition) is 4. The van der Waals surface area contributed by atoms with Crippen molar-refractivity contribution in [2.75, 3.05) is 19.6 Å². The Kier molecular flexibility index (Phi) is 3.48. The molecule has 5 nitrogen and oxygen atoms in total. The largest absolute Gasteiger partial charge is 0.338 e. The van der Waals surface area contributed by atoms with Crippen LogP contribution in [0, 0.1) is 0 Å². The molecule has 0 radical (unpaired) electrons. The van der Waals surface area contributed by atoms with Gasteiger partial charge < -0.3 is 16.0 Å². The first kappa shape index (κ1) is 12.6. The third-order valence-corrected chi connectivity index (χ3v) is 4.07. The van der Waals surface area contributed by atoms with Crippen LogP contribution in [0.5, 0.6) is 0 Å². The Bertz CT molecular complexity index is 480. The van der Waals surface area contributed by atoms with E-state index in [4.69, 9.17) is 5.73 Å². The zero-order valence-electron chi connectivity index (χ0n) is 11.1. The van der Waals surface area contributed by atoms with Gasteiger partial charge in [0.15, 0.2) is 0 Å². The molecule has 5 heteroatoms. The first-order valence-electron chi connectivity index (χ1n) is 6.97. The Morgan fingerprint density at radius 3 is 2.95 bits per heavy atom. The van der Waals surface area contributed by atoms with Gasteiger partial charge in [-0.05, 0) is 36.9 Å². The summed E-state index contributed by atoms with van der Waals surface area (Å²) in [6, 6.07) is 0.246. The zero-order valence-corrected chi connectivity index (χ0v) is 11.1. The van der Waals surface area contributed by atoms with Gasteiger partial charge in [0.25, 0.3) is 5.91 Å². The van der Waals surface area contributed by atoms with E-state index in [0.29, 0.717) is 0 Å². The van der Waals surface area contributed by atoms with Crippen LogP contribution in [0.1, 0.15) is 34.3 Å². The fraction of sp³-hybridized carbons (Fsp3) is 0.571. The van der Waals surface area contributed by atoms with Gasteiger partial charge in [0.1, 0.15) is 0 Å². The van der Waals surface area contributed by atoms with Crippen LogP contribution >= 0.6 is 0 Å². The molecular weight excluding hydrogens is 240 g/mol. The predicted molar refractivity (Wildman–Crippen MR) is 72.8 cm³/mol. The molecule has 3 heterocycles. The summed E-state index contributed by atoms with van der Waals surface area (Å²) in [5.41, 5.74) is 9.01. The monoisotopic (exact) mass is 260 g/mol. The molecule has 0 spiro atoms. The summed E-state index contributed by atoms with van der Waals surface area (Å²) in [7, 11) is 0. The molecule has 3 rings (SSSR count). The fourth-order valence-electron chi connectivity index (χ4n) is 2.87. The number of carbonyl (C=O) groups excluding carboxylic acids is 1. The number of piperidine rings is 1. The number of likely N-dealkylation sites (tertiary alicyclic amines) is 1. The summed E-state index contributed by atoms with van der Waals surface area (Å²) in [6.45, 7) is 3.28. The first-order valence-corrected chi connectivity index (χ1v) is 6.97. The molecule has 0 saturated carbocycles. The molecule has 0 atom stereocenters. The topological polar surface area (TPSA) is 71.2 Å². The molecule has 2 aliphatic rings. The summed E-state index contributed by atoms with van der Waals surface area (Å²) in [5, 5.41) is 3.31.